The summed E-state index contributed by atoms with van der Waals surface area (Å²) in [6, 6.07) is 5.30. The molecule has 0 radical (unpaired) electrons. The topological polar surface area (TPSA) is 76.2 Å². The molecule has 0 atom stereocenters. The van der Waals surface area contributed by atoms with Crippen molar-refractivity contribution in [3.63, 3.8) is 0 Å². The fourth-order valence-corrected chi connectivity index (χ4v) is 2.13. The van der Waals surface area contributed by atoms with E-state index in [9.17, 15) is 4.79 Å². The Balaban J connectivity index is 2.11. The predicted molar refractivity (Wildman–Crippen MR) is 84.1 cm³/mol. The number of nitrogen functional groups attached to an aromatic ring is 1. The van der Waals surface area contributed by atoms with E-state index in [1.807, 2.05) is 26.2 Å². The van der Waals surface area contributed by atoms with Crippen LogP contribution < -0.4 is 11.1 Å². The monoisotopic (exact) mass is 287 g/mol. The van der Waals surface area contributed by atoms with Gasteiger partial charge in [-0.25, -0.2) is 0 Å². The number of hydrogen-bond acceptors (Lipinski definition) is 4. The molecule has 0 unspecified atom stereocenters. The molecule has 112 valence electrons. The van der Waals surface area contributed by atoms with E-state index in [4.69, 9.17) is 5.73 Å². The molecule has 1 amide bonds. The van der Waals surface area contributed by atoms with Crippen molar-refractivity contribution in [3.05, 3.63) is 41.2 Å². The number of nitrogens with zero attached hydrogens (tertiary/aromatic N) is 3. The van der Waals surface area contributed by atoms with Crippen molar-refractivity contribution >= 4 is 17.3 Å². The van der Waals surface area contributed by atoms with Gasteiger partial charge < -0.3 is 16.0 Å². The molecule has 0 spiro atoms. The standard InChI is InChI=1S/C15H21N5O/c1-10-12(9-20(4)18-10)8-17-14-6-5-11(7-13(14)16)15(21)19(2)3/h5-7,9,17H,8,16H2,1-4H3. The Kier molecular flexibility index (Phi) is 4.16. The molecule has 6 heteroatoms. The van der Waals surface area contributed by atoms with Crippen molar-refractivity contribution in [1.29, 1.82) is 0 Å². The van der Waals surface area contributed by atoms with Gasteiger partial charge in [0, 0.05) is 45.0 Å². The van der Waals surface area contributed by atoms with Crippen LogP contribution in [0.25, 0.3) is 0 Å². The van der Waals surface area contributed by atoms with Crippen molar-refractivity contribution in [1.82, 2.24) is 14.7 Å². The van der Waals surface area contributed by atoms with Crippen LogP contribution in [0.4, 0.5) is 11.4 Å². The van der Waals surface area contributed by atoms with Gasteiger partial charge in [-0.15, -0.1) is 0 Å². The van der Waals surface area contributed by atoms with Crippen LogP contribution in [0.2, 0.25) is 0 Å². The molecule has 21 heavy (non-hydrogen) atoms. The lowest BCUT2D eigenvalue weighted by atomic mass is 10.1. The number of benzene rings is 1. The van der Waals surface area contributed by atoms with Crippen LogP contribution in [0.5, 0.6) is 0 Å². The minimum Gasteiger partial charge on any atom is -0.397 e. The van der Waals surface area contributed by atoms with E-state index in [2.05, 4.69) is 10.4 Å². The van der Waals surface area contributed by atoms with Crippen LogP contribution in [0.3, 0.4) is 0 Å². The summed E-state index contributed by atoms with van der Waals surface area (Å²) in [6.07, 6.45) is 1.97. The van der Waals surface area contributed by atoms with E-state index < -0.39 is 0 Å². The molecule has 0 saturated carbocycles. The van der Waals surface area contributed by atoms with Crippen molar-refractivity contribution in [2.24, 2.45) is 7.05 Å². The lowest BCUT2D eigenvalue weighted by Gasteiger charge is -2.13. The Bertz CT molecular complexity index is 660. The molecule has 6 nitrogen and oxygen atoms in total. The minimum atomic E-state index is -0.0589. The van der Waals surface area contributed by atoms with Gasteiger partial charge in [0.05, 0.1) is 17.1 Å². The summed E-state index contributed by atoms with van der Waals surface area (Å²) in [5, 5.41) is 7.57. The second-order valence-corrected chi connectivity index (χ2v) is 5.27. The van der Waals surface area contributed by atoms with E-state index in [0.29, 0.717) is 17.8 Å². The summed E-state index contributed by atoms with van der Waals surface area (Å²) < 4.78 is 1.79. The average Bonchev–Trinajstić information content (AvgIpc) is 2.74. The molecule has 2 aromatic rings. The minimum absolute atomic E-state index is 0.0589. The zero-order valence-electron chi connectivity index (χ0n) is 12.8. The first-order valence-electron chi connectivity index (χ1n) is 6.72. The molecule has 0 bridgehead atoms. The third kappa shape index (κ3) is 3.34. The lowest BCUT2D eigenvalue weighted by Crippen LogP contribution is -2.21. The van der Waals surface area contributed by atoms with Crippen molar-refractivity contribution in [3.8, 4) is 0 Å². The molecule has 2 rings (SSSR count). The normalized spacial score (nSPS) is 10.5. The molecule has 0 aliphatic heterocycles. The number of nitrogens with one attached hydrogen (secondary N) is 1. The second kappa shape index (κ2) is 5.87. The molecule has 0 aliphatic carbocycles. The number of nitrogens with two attached hydrogens (primary N) is 1. The highest BCUT2D eigenvalue weighted by Gasteiger charge is 2.10. The van der Waals surface area contributed by atoms with E-state index in [1.54, 1.807) is 30.9 Å². The number of carbonyl (C=O) groups is 1. The zero-order valence-corrected chi connectivity index (χ0v) is 12.8. The molecule has 0 aliphatic rings. The number of rotatable bonds is 4. The van der Waals surface area contributed by atoms with Crippen molar-refractivity contribution in [2.75, 3.05) is 25.1 Å². The number of aromatic nitrogens is 2. The van der Waals surface area contributed by atoms with Gasteiger partial charge in [0.15, 0.2) is 0 Å². The summed E-state index contributed by atoms with van der Waals surface area (Å²) in [5.74, 6) is -0.0589. The van der Waals surface area contributed by atoms with Crippen LogP contribution >= 0.6 is 0 Å². The van der Waals surface area contributed by atoms with Gasteiger partial charge in [-0.2, -0.15) is 5.10 Å². The fraction of sp³-hybridized carbons (Fsp3) is 0.333. The van der Waals surface area contributed by atoms with Crippen LogP contribution in [0, 0.1) is 6.92 Å². The highest BCUT2D eigenvalue weighted by atomic mass is 16.2. The fourth-order valence-electron chi connectivity index (χ4n) is 2.13. The number of amides is 1. The Morgan fingerprint density at radius 1 is 1.43 bits per heavy atom. The summed E-state index contributed by atoms with van der Waals surface area (Å²) in [6.45, 7) is 2.62. The quantitative estimate of drug-likeness (QED) is 0.838. The third-order valence-corrected chi connectivity index (χ3v) is 3.29. The first kappa shape index (κ1) is 14.9. The number of carbonyl (C=O) groups excluding carboxylic acids is 1. The molecule has 1 aromatic carbocycles. The van der Waals surface area contributed by atoms with Crippen molar-refractivity contribution in [2.45, 2.75) is 13.5 Å². The lowest BCUT2D eigenvalue weighted by molar-refractivity contribution is 0.0827. The summed E-state index contributed by atoms with van der Waals surface area (Å²) in [7, 11) is 5.33. The van der Waals surface area contributed by atoms with Gasteiger partial charge in [-0.3, -0.25) is 9.48 Å². The van der Waals surface area contributed by atoms with Gasteiger partial charge in [0.1, 0.15) is 0 Å². The average molecular weight is 287 g/mol. The summed E-state index contributed by atoms with van der Waals surface area (Å²) >= 11 is 0. The van der Waals surface area contributed by atoms with E-state index in [-0.39, 0.29) is 5.91 Å². The highest BCUT2D eigenvalue weighted by molar-refractivity contribution is 5.95. The van der Waals surface area contributed by atoms with Crippen LogP contribution in [-0.2, 0) is 13.6 Å². The maximum Gasteiger partial charge on any atom is 0.253 e. The molecular formula is C15H21N5O. The Morgan fingerprint density at radius 3 is 2.67 bits per heavy atom. The zero-order chi connectivity index (χ0) is 15.6. The maximum absolute atomic E-state index is 11.9. The number of anilines is 2. The Morgan fingerprint density at radius 2 is 2.14 bits per heavy atom. The number of hydrogen-bond donors (Lipinski definition) is 2. The molecule has 1 aromatic heterocycles. The second-order valence-electron chi connectivity index (χ2n) is 5.27. The highest BCUT2D eigenvalue weighted by Crippen LogP contribution is 2.21. The van der Waals surface area contributed by atoms with Crippen LogP contribution in [-0.4, -0.2) is 34.7 Å². The molecule has 1 heterocycles. The summed E-state index contributed by atoms with van der Waals surface area (Å²) in [4.78, 5) is 13.4. The SMILES string of the molecule is Cc1nn(C)cc1CNc1ccc(C(=O)N(C)C)cc1N. The first-order chi connectivity index (χ1) is 9.88. The van der Waals surface area contributed by atoms with E-state index in [0.717, 1.165) is 16.9 Å². The van der Waals surface area contributed by atoms with Gasteiger partial charge in [0.25, 0.3) is 5.91 Å². The Labute approximate surface area is 124 Å². The molecule has 0 fully saturated rings. The van der Waals surface area contributed by atoms with Crippen LogP contribution in [0.15, 0.2) is 24.4 Å². The van der Waals surface area contributed by atoms with E-state index >= 15 is 0 Å². The smallest absolute Gasteiger partial charge is 0.253 e. The largest absolute Gasteiger partial charge is 0.397 e. The van der Waals surface area contributed by atoms with Gasteiger partial charge in [-0.1, -0.05) is 0 Å². The summed E-state index contributed by atoms with van der Waals surface area (Å²) in [5.41, 5.74) is 10.1. The third-order valence-electron chi connectivity index (χ3n) is 3.29. The maximum atomic E-state index is 11.9. The molecule has 0 saturated heterocycles. The molecular weight excluding hydrogens is 266 g/mol. The Hall–Kier alpha value is -2.50. The van der Waals surface area contributed by atoms with Gasteiger partial charge >= 0.3 is 0 Å². The van der Waals surface area contributed by atoms with Crippen LogP contribution in [0.1, 0.15) is 21.6 Å². The van der Waals surface area contributed by atoms with E-state index in [1.165, 1.54) is 4.90 Å². The predicted octanol–water partition coefficient (Wildman–Crippen LogP) is 1.62. The van der Waals surface area contributed by atoms with Gasteiger partial charge in [0.2, 0.25) is 0 Å². The first-order valence-corrected chi connectivity index (χ1v) is 6.72. The van der Waals surface area contributed by atoms with Gasteiger partial charge in [-0.05, 0) is 25.1 Å². The number of aryl methyl sites for hydroxylation is 2. The van der Waals surface area contributed by atoms with Crippen molar-refractivity contribution < 1.29 is 4.79 Å². The molecule has 3 N–H and O–H groups in total.